The van der Waals surface area contributed by atoms with E-state index < -0.39 is 0 Å². The van der Waals surface area contributed by atoms with Crippen LogP contribution in [0.2, 0.25) is 0 Å². The normalized spacial score (nSPS) is 11.3. The molecular weight excluding hydrogens is 220 g/mol. The zero-order chi connectivity index (χ0) is 13.5. The molecule has 0 aliphatic heterocycles. The Hall–Kier alpha value is -0.0800. The SMILES string of the molecule is CCCCN(CCCC)CCCCCCCCN. The van der Waals surface area contributed by atoms with Gasteiger partial charge in [-0.1, -0.05) is 52.4 Å². The van der Waals surface area contributed by atoms with E-state index in [2.05, 4.69) is 18.7 Å². The molecule has 0 bridgehead atoms. The van der Waals surface area contributed by atoms with Crippen LogP contribution in [0.15, 0.2) is 0 Å². The Balaban J connectivity index is 3.43. The second-order valence-electron chi connectivity index (χ2n) is 5.46. The van der Waals surface area contributed by atoms with Crippen LogP contribution in [0.1, 0.15) is 78.1 Å². The molecule has 0 spiro atoms. The largest absolute Gasteiger partial charge is 0.330 e. The topological polar surface area (TPSA) is 29.3 Å². The Morgan fingerprint density at radius 1 is 0.611 bits per heavy atom. The summed E-state index contributed by atoms with van der Waals surface area (Å²) in [5.41, 5.74) is 5.50. The van der Waals surface area contributed by atoms with Gasteiger partial charge in [0.15, 0.2) is 0 Å². The van der Waals surface area contributed by atoms with Crippen molar-refractivity contribution < 1.29 is 0 Å². The predicted octanol–water partition coefficient (Wildman–Crippen LogP) is 4.19. The molecule has 2 nitrogen and oxygen atoms in total. The van der Waals surface area contributed by atoms with Crippen LogP contribution in [0.3, 0.4) is 0 Å². The highest BCUT2D eigenvalue weighted by molar-refractivity contribution is 4.58. The van der Waals surface area contributed by atoms with E-state index in [4.69, 9.17) is 5.73 Å². The molecule has 0 saturated heterocycles. The Morgan fingerprint density at radius 3 is 1.56 bits per heavy atom. The highest BCUT2D eigenvalue weighted by Gasteiger charge is 2.03. The monoisotopic (exact) mass is 256 g/mol. The molecule has 18 heavy (non-hydrogen) atoms. The summed E-state index contributed by atoms with van der Waals surface area (Å²) in [5, 5.41) is 0. The summed E-state index contributed by atoms with van der Waals surface area (Å²) < 4.78 is 0. The summed E-state index contributed by atoms with van der Waals surface area (Å²) in [5.74, 6) is 0. The molecule has 0 aliphatic carbocycles. The first-order chi connectivity index (χ1) is 8.85. The first kappa shape index (κ1) is 17.9. The molecule has 0 unspecified atom stereocenters. The average molecular weight is 256 g/mol. The lowest BCUT2D eigenvalue weighted by atomic mass is 10.1. The number of unbranched alkanes of at least 4 members (excludes halogenated alkanes) is 7. The molecule has 0 aromatic carbocycles. The Labute approximate surface area is 115 Å². The van der Waals surface area contributed by atoms with Gasteiger partial charge >= 0.3 is 0 Å². The summed E-state index contributed by atoms with van der Waals surface area (Å²) in [6, 6.07) is 0. The van der Waals surface area contributed by atoms with Crippen molar-refractivity contribution in [2.45, 2.75) is 78.1 Å². The number of hydrogen-bond acceptors (Lipinski definition) is 2. The van der Waals surface area contributed by atoms with Crippen LogP contribution < -0.4 is 5.73 Å². The maximum atomic E-state index is 5.50. The molecule has 0 atom stereocenters. The maximum Gasteiger partial charge on any atom is -0.00187 e. The van der Waals surface area contributed by atoms with Gasteiger partial charge in [-0.3, -0.25) is 0 Å². The van der Waals surface area contributed by atoms with Gasteiger partial charge in [0.1, 0.15) is 0 Å². The standard InChI is InChI=1S/C16H36N2/c1-3-5-14-18(15-6-4-2)16-12-10-8-7-9-11-13-17/h3-17H2,1-2H3. The zero-order valence-corrected chi connectivity index (χ0v) is 12.9. The van der Waals surface area contributed by atoms with E-state index in [9.17, 15) is 0 Å². The molecule has 0 aromatic rings. The van der Waals surface area contributed by atoms with Gasteiger partial charge in [0.25, 0.3) is 0 Å². The highest BCUT2D eigenvalue weighted by Crippen LogP contribution is 2.07. The summed E-state index contributed by atoms with van der Waals surface area (Å²) >= 11 is 0. The van der Waals surface area contributed by atoms with Crippen molar-refractivity contribution in [1.82, 2.24) is 4.90 Å². The Morgan fingerprint density at radius 2 is 1.06 bits per heavy atom. The summed E-state index contributed by atoms with van der Waals surface area (Å²) in [6.45, 7) is 9.37. The lowest BCUT2D eigenvalue weighted by Crippen LogP contribution is -2.27. The first-order valence-corrected chi connectivity index (χ1v) is 8.27. The minimum absolute atomic E-state index is 0.863. The molecule has 110 valence electrons. The van der Waals surface area contributed by atoms with Crippen LogP contribution in [0.25, 0.3) is 0 Å². The molecular formula is C16H36N2. The molecule has 0 rings (SSSR count). The lowest BCUT2D eigenvalue weighted by Gasteiger charge is -2.21. The molecule has 0 amide bonds. The van der Waals surface area contributed by atoms with Crippen molar-refractivity contribution in [3.05, 3.63) is 0 Å². The van der Waals surface area contributed by atoms with E-state index in [-0.39, 0.29) is 0 Å². The zero-order valence-electron chi connectivity index (χ0n) is 12.9. The molecule has 2 heteroatoms. The van der Waals surface area contributed by atoms with E-state index >= 15 is 0 Å². The van der Waals surface area contributed by atoms with E-state index in [1.165, 1.54) is 83.8 Å². The molecule has 0 fully saturated rings. The van der Waals surface area contributed by atoms with Gasteiger partial charge in [0.05, 0.1) is 0 Å². The van der Waals surface area contributed by atoms with Gasteiger partial charge in [-0.25, -0.2) is 0 Å². The van der Waals surface area contributed by atoms with Crippen LogP contribution in [-0.4, -0.2) is 31.1 Å². The summed E-state index contributed by atoms with van der Waals surface area (Å²) in [6.07, 6.45) is 13.5. The summed E-state index contributed by atoms with van der Waals surface area (Å²) in [7, 11) is 0. The third-order valence-electron chi connectivity index (χ3n) is 3.58. The van der Waals surface area contributed by atoms with Crippen LogP contribution in [0.4, 0.5) is 0 Å². The molecule has 0 radical (unpaired) electrons. The third kappa shape index (κ3) is 12.4. The van der Waals surface area contributed by atoms with Gasteiger partial charge in [0, 0.05) is 0 Å². The average Bonchev–Trinajstić information content (AvgIpc) is 2.40. The van der Waals surface area contributed by atoms with E-state index in [0.717, 1.165) is 6.54 Å². The summed E-state index contributed by atoms with van der Waals surface area (Å²) in [4.78, 5) is 2.67. The maximum absolute atomic E-state index is 5.50. The lowest BCUT2D eigenvalue weighted by molar-refractivity contribution is 0.259. The van der Waals surface area contributed by atoms with Crippen LogP contribution in [-0.2, 0) is 0 Å². The fourth-order valence-electron chi connectivity index (χ4n) is 2.29. The second kappa shape index (κ2) is 15.0. The van der Waals surface area contributed by atoms with Crippen molar-refractivity contribution in [1.29, 1.82) is 0 Å². The number of nitrogens with two attached hydrogens (primary N) is 1. The van der Waals surface area contributed by atoms with Gasteiger partial charge in [-0.05, 0) is 51.9 Å². The van der Waals surface area contributed by atoms with Gasteiger partial charge < -0.3 is 10.6 Å². The smallest absolute Gasteiger partial charge is 0.00187 e. The van der Waals surface area contributed by atoms with Gasteiger partial charge in [-0.15, -0.1) is 0 Å². The minimum Gasteiger partial charge on any atom is -0.330 e. The van der Waals surface area contributed by atoms with Crippen molar-refractivity contribution in [3.8, 4) is 0 Å². The van der Waals surface area contributed by atoms with Crippen molar-refractivity contribution in [2.24, 2.45) is 5.73 Å². The van der Waals surface area contributed by atoms with E-state index in [1.54, 1.807) is 0 Å². The second-order valence-corrected chi connectivity index (χ2v) is 5.46. The Bertz CT molecular complexity index is 140. The van der Waals surface area contributed by atoms with E-state index in [1.807, 2.05) is 0 Å². The quantitative estimate of drug-likeness (QED) is 0.472. The van der Waals surface area contributed by atoms with E-state index in [0.29, 0.717) is 0 Å². The molecule has 0 saturated carbocycles. The number of rotatable bonds is 14. The van der Waals surface area contributed by atoms with Crippen molar-refractivity contribution in [2.75, 3.05) is 26.2 Å². The Kier molecular flexibility index (Phi) is 14.9. The van der Waals surface area contributed by atoms with Crippen LogP contribution >= 0.6 is 0 Å². The molecule has 0 aliphatic rings. The fourth-order valence-corrected chi connectivity index (χ4v) is 2.29. The van der Waals surface area contributed by atoms with Crippen LogP contribution in [0.5, 0.6) is 0 Å². The van der Waals surface area contributed by atoms with Crippen molar-refractivity contribution in [3.63, 3.8) is 0 Å². The highest BCUT2D eigenvalue weighted by atomic mass is 15.1. The molecule has 0 aromatic heterocycles. The minimum atomic E-state index is 0.863. The van der Waals surface area contributed by atoms with Gasteiger partial charge in [-0.2, -0.15) is 0 Å². The molecule has 0 heterocycles. The van der Waals surface area contributed by atoms with Crippen LogP contribution in [0, 0.1) is 0 Å². The number of hydrogen-bond donors (Lipinski definition) is 1. The molecule has 2 N–H and O–H groups in total. The number of nitrogens with zero attached hydrogens (tertiary/aromatic N) is 1. The third-order valence-corrected chi connectivity index (χ3v) is 3.58. The van der Waals surface area contributed by atoms with Gasteiger partial charge in [0.2, 0.25) is 0 Å². The fraction of sp³-hybridized carbons (Fsp3) is 1.00. The predicted molar refractivity (Wildman–Crippen MR) is 83.0 cm³/mol. The van der Waals surface area contributed by atoms with Crippen molar-refractivity contribution >= 4 is 0 Å². The first-order valence-electron chi connectivity index (χ1n) is 8.27.